The van der Waals surface area contributed by atoms with Gasteiger partial charge < -0.3 is 10.0 Å². The van der Waals surface area contributed by atoms with Crippen molar-refractivity contribution in [3.63, 3.8) is 0 Å². The third-order valence-corrected chi connectivity index (χ3v) is 3.72. The van der Waals surface area contributed by atoms with Gasteiger partial charge in [-0.1, -0.05) is 20.8 Å². The number of carboxylic acid groups (broad SMARTS) is 1. The van der Waals surface area contributed by atoms with Crippen LogP contribution >= 0.6 is 0 Å². The predicted molar refractivity (Wildman–Crippen MR) is 59.5 cm³/mol. The normalized spacial score (nSPS) is 31.4. The molecule has 0 aromatic carbocycles. The van der Waals surface area contributed by atoms with Gasteiger partial charge in [-0.15, -0.1) is 12.3 Å². The fourth-order valence-electron chi connectivity index (χ4n) is 2.19. The summed E-state index contributed by atoms with van der Waals surface area (Å²) in [6, 6.07) is 0. The number of amides is 1. The maximum Gasteiger partial charge on any atom is 0.407 e. The number of hydrogen-bond donors (Lipinski definition) is 1. The monoisotopic (exact) mass is 209 g/mol. The van der Waals surface area contributed by atoms with Gasteiger partial charge in [0, 0.05) is 18.0 Å². The minimum Gasteiger partial charge on any atom is -0.465 e. The van der Waals surface area contributed by atoms with Gasteiger partial charge in [0.1, 0.15) is 0 Å². The van der Waals surface area contributed by atoms with Crippen molar-refractivity contribution in [1.82, 2.24) is 4.90 Å². The van der Waals surface area contributed by atoms with Gasteiger partial charge in [0.15, 0.2) is 0 Å². The van der Waals surface area contributed by atoms with Crippen LogP contribution in [0.5, 0.6) is 0 Å². The van der Waals surface area contributed by atoms with Crippen molar-refractivity contribution in [3.05, 3.63) is 0 Å². The number of likely N-dealkylation sites (tertiary alicyclic amines) is 1. The Hall–Kier alpha value is -1.17. The molecule has 2 unspecified atom stereocenters. The van der Waals surface area contributed by atoms with Crippen LogP contribution in [0.1, 0.15) is 34.1 Å². The molecule has 1 aliphatic heterocycles. The van der Waals surface area contributed by atoms with E-state index in [0.29, 0.717) is 6.54 Å². The highest BCUT2D eigenvalue weighted by Gasteiger charge is 2.51. The van der Waals surface area contributed by atoms with Crippen LogP contribution in [0, 0.1) is 23.7 Å². The van der Waals surface area contributed by atoms with Gasteiger partial charge in [-0.25, -0.2) is 4.79 Å². The molecule has 0 radical (unpaired) electrons. The van der Waals surface area contributed by atoms with E-state index < -0.39 is 6.09 Å². The van der Waals surface area contributed by atoms with E-state index >= 15 is 0 Å². The lowest BCUT2D eigenvalue weighted by atomic mass is 9.72. The molecule has 0 aromatic heterocycles. The van der Waals surface area contributed by atoms with Crippen LogP contribution in [0.25, 0.3) is 0 Å². The van der Waals surface area contributed by atoms with Gasteiger partial charge in [0.2, 0.25) is 0 Å². The summed E-state index contributed by atoms with van der Waals surface area (Å²) < 4.78 is 0. The zero-order valence-electron chi connectivity index (χ0n) is 9.87. The highest BCUT2D eigenvalue weighted by Crippen LogP contribution is 2.45. The third kappa shape index (κ3) is 1.81. The quantitative estimate of drug-likeness (QED) is 0.622. The number of carbonyl (C=O) groups is 1. The molecule has 0 saturated carbocycles. The van der Waals surface area contributed by atoms with Gasteiger partial charge in [0.05, 0.1) is 0 Å². The summed E-state index contributed by atoms with van der Waals surface area (Å²) in [6.07, 6.45) is 5.27. The molecule has 1 rings (SSSR count). The summed E-state index contributed by atoms with van der Waals surface area (Å²) in [4.78, 5) is 12.7. The lowest BCUT2D eigenvalue weighted by molar-refractivity contribution is 0.0443. The molecular formula is C12H19NO2. The van der Waals surface area contributed by atoms with Crippen molar-refractivity contribution in [3.8, 4) is 12.3 Å². The first kappa shape index (κ1) is 11.9. The van der Waals surface area contributed by atoms with Crippen LogP contribution in [0.15, 0.2) is 0 Å². The van der Waals surface area contributed by atoms with Crippen LogP contribution < -0.4 is 0 Å². The standard InChI is InChI=1S/C12H19NO2/c1-6-9-7-12(5,11(2,3)4)13(8-9)10(14)15/h1,9H,7-8H2,2-5H3,(H,14,15). The molecule has 1 amide bonds. The summed E-state index contributed by atoms with van der Waals surface area (Å²) in [5.41, 5.74) is -0.465. The molecule has 1 saturated heterocycles. The number of rotatable bonds is 0. The number of nitrogens with zero attached hydrogens (tertiary/aromatic N) is 1. The number of hydrogen-bond acceptors (Lipinski definition) is 1. The Kier molecular flexibility index (Phi) is 2.73. The Morgan fingerprint density at radius 3 is 2.40 bits per heavy atom. The zero-order valence-corrected chi connectivity index (χ0v) is 9.87. The molecule has 0 bridgehead atoms. The van der Waals surface area contributed by atoms with Gasteiger partial charge >= 0.3 is 6.09 Å². The fourth-order valence-corrected chi connectivity index (χ4v) is 2.19. The van der Waals surface area contributed by atoms with Crippen LogP contribution in [-0.4, -0.2) is 28.2 Å². The number of terminal acetylenes is 1. The molecule has 3 heteroatoms. The summed E-state index contributed by atoms with van der Waals surface area (Å²) >= 11 is 0. The SMILES string of the molecule is C#CC1CN(C(=O)O)C(C)(C(C)(C)C)C1. The highest BCUT2D eigenvalue weighted by molar-refractivity contribution is 5.67. The average Bonchev–Trinajstić information content (AvgIpc) is 2.43. The molecule has 0 spiro atoms. The van der Waals surface area contributed by atoms with E-state index in [-0.39, 0.29) is 16.9 Å². The van der Waals surface area contributed by atoms with E-state index in [1.54, 1.807) is 0 Å². The van der Waals surface area contributed by atoms with E-state index in [0.717, 1.165) is 6.42 Å². The average molecular weight is 209 g/mol. The maximum absolute atomic E-state index is 11.2. The molecular weight excluding hydrogens is 190 g/mol. The van der Waals surface area contributed by atoms with Crippen LogP contribution in [0.3, 0.4) is 0 Å². The Balaban J connectivity index is 3.06. The Morgan fingerprint density at radius 1 is 1.60 bits per heavy atom. The summed E-state index contributed by atoms with van der Waals surface area (Å²) in [7, 11) is 0. The molecule has 2 atom stereocenters. The largest absolute Gasteiger partial charge is 0.465 e. The van der Waals surface area contributed by atoms with Crippen molar-refractivity contribution in [2.45, 2.75) is 39.7 Å². The molecule has 1 fully saturated rings. The zero-order chi connectivity index (χ0) is 11.9. The van der Waals surface area contributed by atoms with Crippen molar-refractivity contribution < 1.29 is 9.90 Å². The van der Waals surface area contributed by atoms with Crippen molar-refractivity contribution in [2.24, 2.45) is 11.3 Å². The van der Waals surface area contributed by atoms with Gasteiger partial charge in [-0.3, -0.25) is 0 Å². The van der Waals surface area contributed by atoms with Crippen molar-refractivity contribution in [1.29, 1.82) is 0 Å². The Labute approximate surface area is 91.5 Å². The topological polar surface area (TPSA) is 40.5 Å². The van der Waals surface area contributed by atoms with Crippen molar-refractivity contribution in [2.75, 3.05) is 6.54 Å². The second kappa shape index (κ2) is 3.44. The van der Waals surface area contributed by atoms with E-state index in [2.05, 4.69) is 26.7 Å². The lowest BCUT2D eigenvalue weighted by Gasteiger charge is -2.44. The maximum atomic E-state index is 11.2. The minimum absolute atomic E-state index is 0.0466. The van der Waals surface area contributed by atoms with Crippen LogP contribution in [0.2, 0.25) is 0 Å². The highest BCUT2D eigenvalue weighted by atomic mass is 16.4. The molecule has 1 aliphatic rings. The molecule has 1 N–H and O–H groups in total. The third-order valence-electron chi connectivity index (χ3n) is 3.72. The fraction of sp³-hybridized carbons (Fsp3) is 0.750. The Morgan fingerprint density at radius 2 is 2.13 bits per heavy atom. The minimum atomic E-state index is -0.870. The summed E-state index contributed by atoms with van der Waals surface area (Å²) in [6.45, 7) is 8.61. The second-order valence-corrected chi connectivity index (χ2v) is 5.48. The molecule has 0 aliphatic carbocycles. The van der Waals surface area contributed by atoms with Gasteiger partial charge in [-0.05, 0) is 18.8 Å². The molecule has 15 heavy (non-hydrogen) atoms. The van der Waals surface area contributed by atoms with E-state index in [1.165, 1.54) is 4.90 Å². The van der Waals surface area contributed by atoms with Gasteiger partial charge in [-0.2, -0.15) is 0 Å². The second-order valence-electron chi connectivity index (χ2n) is 5.48. The van der Waals surface area contributed by atoms with E-state index in [1.807, 2.05) is 6.92 Å². The molecule has 3 nitrogen and oxygen atoms in total. The summed E-state index contributed by atoms with van der Waals surface area (Å²) in [5, 5.41) is 9.18. The first-order chi connectivity index (χ1) is 6.72. The van der Waals surface area contributed by atoms with Crippen molar-refractivity contribution >= 4 is 6.09 Å². The van der Waals surface area contributed by atoms with Gasteiger partial charge in [0.25, 0.3) is 0 Å². The Bertz CT molecular complexity index is 311. The first-order valence-electron chi connectivity index (χ1n) is 5.19. The van der Waals surface area contributed by atoms with Crippen LogP contribution in [0.4, 0.5) is 4.79 Å². The molecule has 0 aromatic rings. The smallest absolute Gasteiger partial charge is 0.407 e. The molecule has 84 valence electrons. The van der Waals surface area contributed by atoms with E-state index in [4.69, 9.17) is 6.42 Å². The van der Waals surface area contributed by atoms with E-state index in [9.17, 15) is 9.90 Å². The summed E-state index contributed by atoms with van der Waals surface area (Å²) in [5.74, 6) is 2.72. The first-order valence-corrected chi connectivity index (χ1v) is 5.19. The predicted octanol–water partition coefficient (Wildman–Crippen LogP) is 2.42. The molecule has 1 heterocycles. The lowest BCUT2D eigenvalue weighted by Crippen LogP contribution is -2.52. The van der Waals surface area contributed by atoms with Crippen LogP contribution in [-0.2, 0) is 0 Å².